The van der Waals surface area contributed by atoms with Crippen LogP contribution in [-0.2, 0) is 16.7 Å². The van der Waals surface area contributed by atoms with Crippen LogP contribution in [0.25, 0.3) is 0 Å². The number of hydrogen-bond donors (Lipinski definition) is 1. The summed E-state index contributed by atoms with van der Waals surface area (Å²) in [6.45, 7) is -1.49. The molecule has 6 nitrogen and oxygen atoms in total. The minimum Gasteiger partial charge on any atom is -0.452 e. The number of nitrogens with zero attached hydrogens (tertiary/aromatic N) is 3. The molecule has 3 rings (SSSR count). The van der Waals surface area contributed by atoms with Gasteiger partial charge in [-0.25, -0.2) is 14.4 Å². The number of aromatic nitrogens is 2. The summed E-state index contributed by atoms with van der Waals surface area (Å²) < 4.78 is 72.3. The lowest BCUT2D eigenvalue weighted by Crippen LogP contribution is -2.48. The molecule has 0 aliphatic carbocycles. The molecule has 3 heterocycles. The van der Waals surface area contributed by atoms with Crippen molar-refractivity contribution in [2.75, 3.05) is 6.67 Å². The zero-order chi connectivity index (χ0) is 22.1. The van der Waals surface area contributed by atoms with Crippen LogP contribution in [0.2, 0.25) is 5.02 Å². The van der Waals surface area contributed by atoms with Crippen molar-refractivity contribution in [1.82, 2.24) is 9.97 Å². The molecule has 0 fully saturated rings. The van der Waals surface area contributed by atoms with Crippen molar-refractivity contribution in [3.05, 3.63) is 58.4 Å². The predicted octanol–water partition coefficient (Wildman–Crippen LogP) is 3.53. The molecular formula is C18H14ClF5N4O2. The lowest BCUT2D eigenvalue weighted by atomic mass is 9.85. The number of ketones is 1. The Kier molecular flexibility index (Phi) is 5.93. The van der Waals surface area contributed by atoms with E-state index in [0.717, 1.165) is 12.3 Å². The lowest BCUT2D eigenvalue weighted by molar-refractivity contribution is -0.209. The second-order valence-electron chi connectivity index (χ2n) is 6.61. The zero-order valence-corrected chi connectivity index (χ0v) is 15.8. The van der Waals surface area contributed by atoms with Gasteiger partial charge < -0.3 is 10.5 Å². The summed E-state index contributed by atoms with van der Waals surface area (Å²) >= 11 is 5.71. The standard InChI is InChI=1S/C18H14ClF5N4O2/c19-10-1-2-12(26-7-10)13(29)4-9-3-11(15(21)27-6-9)17(8-20)5-14(18(22,23)24)30-16(25)28-17/h1-3,6-7,14H,4-5,8H2,(H2,25,28)/t14-,17+/m0/s1. The molecule has 2 atom stereocenters. The Labute approximate surface area is 171 Å². The second kappa shape index (κ2) is 8.13. The van der Waals surface area contributed by atoms with Crippen LogP contribution in [0.15, 0.2) is 35.6 Å². The molecule has 1 aliphatic rings. The van der Waals surface area contributed by atoms with E-state index in [4.69, 9.17) is 17.3 Å². The number of Topliss-reactive ketones (excluding diaryl/α,β-unsaturated/α-hetero) is 1. The van der Waals surface area contributed by atoms with Gasteiger partial charge >= 0.3 is 6.18 Å². The molecule has 160 valence electrons. The van der Waals surface area contributed by atoms with Crippen LogP contribution < -0.4 is 5.73 Å². The van der Waals surface area contributed by atoms with E-state index in [1.165, 1.54) is 18.3 Å². The second-order valence-corrected chi connectivity index (χ2v) is 7.05. The third-order valence-electron chi connectivity index (χ3n) is 4.47. The zero-order valence-electron chi connectivity index (χ0n) is 15.1. The molecule has 2 N–H and O–H groups in total. The number of halogens is 6. The normalized spacial score (nSPS) is 21.7. The topological polar surface area (TPSA) is 90.5 Å². The number of pyridine rings is 2. The van der Waals surface area contributed by atoms with Crippen LogP contribution >= 0.6 is 11.6 Å². The number of hydrogen-bond acceptors (Lipinski definition) is 6. The van der Waals surface area contributed by atoms with Crippen LogP contribution in [0.3, 0.4) is 0 Å². The molecule has 2 aromatic heterocycles. The van der Waals surface area contributed by atoms with Crippen molar-refractivity contribution in [2.45, 2.75) is 30.7 Å². The van der Waals surface area contributed by atoms with E-state index in [-0.39, 0.29) is 17.7 Å². The fourth-order valence-electron chi connectivity index (χ4n) is 3.02. The number of alkyl halides is 4. The predicted molar refractivity (Wildman–Crippen MR) is 96.3 cm³/mol. The van der Waals surface area contributed by atoms with E-state index in [9.17, 15) is 26.7 Å². The van der Waals surface area contributed by atoms with Crippen molar-refractivity contribution < 1.29 is 31.5 Å². The van der Waals surface area contributed by atoms with Crippen LogP contribution in [0.1, 0.15) is 28.0 Å². The van der Waals surface area contributed by atoms with E-state index < -0.39 is 54.2 Å². The van der Waals surface area contributed by atoms with Crippen LogP contribution in [0.4, 0.5) is 22.0 Å². The van der Waals surface area contributed by atoms with Crippen LogP contribution in [0, 0.1) is 5.95 Å². The highest BCUT2D eigenvalue weighted by Gasteiger charge is 2.52. The van der Waals surface area contributed by atoms with Gasteiger partial charge in [-0.3, -0.25) is 9.78 Å². The van der Waals surface area contributed by atoms with Gasteiger partial charge in [0.1, 0.15) is 17.9 Å². The number of rotatable bonds is 5. The first-order chi connectivity index (χ1) is 14.0. The first-order valence-electron chi connectivity index (χ1n) is 8.48. The summed E-state index contributed by atoms with van der Waals surface area (Å²) in [4.78, 5) is 23.3. The van der Waals surface area contributed by atoms with Gasteiger partial charge in [-0.2, -0.15) is 17.6 Å². The molecule has 0 unspecified atom stereocenters. The van der Waals surface area contributed by atoms with E-state index >= 15 is 0 Å². The van der Waals surface area contributed by atoms with Gasteiger partial charge in [-0.05, 0) is 23.8 Å². The van der Waals surface area contributed by atoms with Gasteiger partial charge in [-0.1, -0.05) is 11.6 Å². The minimum absolute atomic E-state index is 0.0657. The van der Waals surface area contributed by atoms with E-state index in [0.29, 0.717) is 5.02 Å². The third kappa shape index (κ3) is 4.50. The number of aliphatic imine (C=N–C) groups is 1. The Morgan fingerprint density at radius 1 is 1.30 bits per heavy atom. The molecule has 2 aromatic rings. The molecule has 1 aliphatic heterocycles. The molecule has 0 aromatic carbocycles. The minimum atomic E-state index is -4.88. The van der Waals surface area contributed by atoms with Crippen molar-refractivity contribution in [1.29, 1.82) is 0 Å². The summed E-state index contributed by atoms with van der Waals surface area (Å²) in [5, 5.41) is 0.316. The fourth-order valence-corrected chi connectivity index (χ4v) is 3.13. The first-order valence-corrected chi connectivity index (χ1v) is 8.86. The SMILES string of the molecule is NC1=N[C@](CF)(c2cc(CC(=O)c3ccc(Cl)cn3)cnc2F)C[C@@H](C(F)(F)F)O1. The molecule has 30 heavy (non-hydrogen) atoms. The summed E-state index contributed by atoms with van der Waals surface area (Å²) in [5.41, 5.74) is 2.66. The summed E-state index contributed by atoms with van der Waals surface area (Å²) in [5.74, 6) is -1.71. The Balaban J connectivity index is 1.96. The Morgan fingerprint density at radius 2 is 2.03 bits per heavy atom. The van der Waals surface area contributed by atoms with Crippen molar-refractivity contribution >= 4 is 23.4 Å². The summed E-state index contributed by atoms with van der Waals surface area (Å²) in [6, 6.07) is 2.95. The Bertz CT molecular complexity index is 984. The van der Waals surface area contributed by atoms with E-state index in [1.807, 2.05) is 0 Å². The van der Waals surface area contributed by atoms with Crippen molar-refractivity contribution in [3.8, 4) is 0 Å². The number of carbonyl (C=O) groups is 1. The average molecular weight is 449 g/mol. The monoisotopic (exact) mass is 448 g/mol. The Morgan fingerprint density at radius 3 is 2.63 bits per heavy atom. The molecule has 0 radical (unpaired) electrons. The maximum Gasteiger partial charge on any atom is 0.425 e. The highest BCUT2D eigenvalue weighted by molar-refractivity contribution is 6.30. The smallest absolute Gasteiger partial charge is 0.425 e. The van der Waals surface area contributed by atoms with Crippen LogP contribution in [-0.4, -0.2) is 40.7 Å². The van der Waals surface area contributed by atoms with E-state index in [1.54, 1.807) is 0 Å². The van der Waals surface area contributed by atoms with E-state index in [2.05, 4.69) is 19.7 Å². The van der Waals surface area contributed by atoms with Gasteiger partial charge in [-0.15, -0.1) is 0 Å². The van der Waals surface area contributed by atoms with Gasteiger partial charge in [0.05, 0.1) is 5.02 Å². The average Bonchev–Trinajstić information content (AvgIpc) is 2.68. The molecule has 0 saturated heterocycles. The van der Waals surface area contributed by atoms with Crippen molar-refractivity contribution in [3.63, 3.8) is 0 Å². The van der Waals surface area contributed by atoms with Gasteiger partial charge in [0.15, 0.2) is 11.9 Å². The van der Waals surface area contributed by atoms with Gasteiger partial charge in [0.25, 0.3) is 6.02 Å². The van der Waals surface area contributed by atoms with Crippen molar-refractivity contribution in [2.24, 2.45) is 10.7 Å². The molecule has 0 saturated carbocycles. The number of amidine groups is 1. The molecule has 0 bridgehead atoms. The molecular weight excluding hydrogens is 435 g/mol. The van der Waals surface area contributed by atoms with Crippen LogP contribution in [0.5, 0.6) is 0 Å². The number of nitrogens with two attached hydrogens (primary N) is 1. The highest BCUT2D eigenvalue weighted by atomic mass is 35.5. The van der Waals surface area contributed by atoms with Gasteiger partial charge in [0, 0.05) is 30.8 Å². The molecule has 0 spiro atoms. The maximum atomic E-state index is 14.4. The quantitative estimate of drug-likeness (QED) is 0.429. The maximum absolute atomic E-state index is 14.4. The summed E-state index contributed by atoms with van der Waals surface area (Å²) in [6.07, 6.45) is -6.42. The lowest BCUT2D eigenvalue weighted by Gasteiger charge is -2.36. The van der Waals surface area contributed by atoms with Gasteiger partial charge in [0.2, 0.25) is 5.95 Å². The number of carbonyl (C=O) groups excluding carboxylic acids is 1. The largest absolute Gasteiger partial charge is 0.452 e. The molecule has 12 heteroatoms. The third-order valence-corrected chi connectivity index (χ3v) is 4.69. The fraction of sp³-hybridized carbons (Fsp3) is 0.333. The molecule has 0 amide bonds. The number of ether oxygens (including phenoxy) is 1. The summed E-state index contributed by atoms with van der Waals surface area (Å²) in [7, 11) is 0. The highest BCUT2D eigenvalue weighted by Crippen LogP contribution is 2.41. The Hall–Kier alpha value is -2.82. The first kappa shape index (κ1) is 21.9.